The first kappa shape index (κ1) is 13.0. The van der Waals surface area contributed by atoms with Crippen molar-refractivity contribution in [3.63, 3.8) is 0 Å². The maximum absolute atomic E-state index is 12.0. The standard InChI is InChI=1S/C12H21N5O/c1-13-8-11-2-5-16(6-3-11)12(18)4-7-17-10-14-9-15-17/h9-11,13H,2-8H2,1H3. The van der Waals surface area contributed by atoms with E-state index in [1.165, 1.54) is 6.33 Å². The third-order valence-corrected chi connectivity index (χ3v) is 3.48. The van der Waals surface area contributed by atoms with Crippen molar-refractivity contribution < 1.29 is 4.79 Å². The highest BCUT2D eigenvalue weighted by Gasteiger charge is 2.21. The van der Waals surface area contributed by atoms with Crippen LogP contribution in [0.1, 0.15) is 19.3 Å². The number of rotatable bonds is 5. The normalized spacial score (nSPS) is 17.1. The van der Waals surface area contributed by atoms with Gasteiger partial charge in [-0.3, -0.25) is 9.48 Å². The van der Waals surface area contributed by atoms with Gasteiger partial charge in [0.15, 0.2) is 0 Å². The van der Waals surface area contributed by atoms with Gasteiger partial charge in [-0.05, 0) is 32.4 Å². The zero-order valence-corrected chi connectivity index (χ0v) is 10.9. The zero-order valence-electron chi connectivity index (χ0n) is 10.9. The topological polar surface area (TPSA) is 63.1 Å². The van der Waals surface area contributed by atoms with E-state index in [4.69, 9.17) is 0 Å². The Morgan fingerprint density at radius 3 is 2.83 bits per heavy atom. The molecule has 1 aromatic rings. The molecule has 6 nitrogen and oxygen atoms in total. The first-order valence-electron chi connectivity index (χ1n) is 6.54. The molecule has 6 heteroatoms. The Morgan fingerprint density at radius 1 is 1.44 bits per heavy atom. The second kappa shape index (κ2) is 6.49. The van der Waals surface area contributed by atoms with Gasteiger partial charge in [-0.15, -0.1) is 0 Å². The summed E-state index contributed by atoms with van der Waals surface area (Å²) in [6.07, 6.45) is 5.87. The number of likely N-dealkylation sites (tertiary alicyclic amines) is 1. The highest BCUT2D eigenvalue weighted by atomic mass is 16.2. The first-order chi connectivity index (χ1) is 8.79. The summed E-state index contributed by atoms with van der Waals surface area (Å²) in [5.41, 5.74) is 0. The summed E-state index contributed by atoms with van der Waals surface area (Å²) in [7, 11) is 1.98. The minimum atomic E-state index is 0.230. The Hall–Kier alpha value is -1.43. The van der Waals surface area contributed by atoms with Gasteiger partial charge in [-0.2, -0.15) is 5.10 Å². The SMILES string of the molecule is CNCC1CCN(C(=O)CCn2cncn2)CC1. The Bertz CT molecular complexity index is 357. The highest BCUT2D eigenvalue weighted by Crippen LogP contribution is 2.16. The van der Waals surface area contributed by atoms with Crippen molar-refractivity contribution in [3.8, 4) is 0 Å². The van der Waals surface area contributed by atoms with E-state index >= 15 is 0 Å². The number of hydrogen-bond acceptors (Lipinski definition) is 4. The number of carbonyl (C=O) groups excluding carboxylic acids is 1. The van der Waals surface area contributed by atoms with Gasteiger partial charge >= 0.3 is 0 Å². The minimum Gasteiger partial charge on any atom is -0.343 e. The van der Waals surface area contributed by atoms with Crippen LogP contribution in [-0.4, -0.2) is 52.3 Å². The average Bonchev–Trinajstić information content (AvgIpc) is 2.90. The summed E-state index contributed by atoms with van der Waals surface area (Å²) in [5, 5.41) is 7.20. The molecule has 100 valence electrons. The van der Waals surface area contributed by atoms with E-state index in [1.54, 1.807) is 11.0 Å². The largest absolute Gasteiger partial charge is 0.343 e. The van der Waals surface area contributed by atoms with Crippen molar-refractivity contribution in [2.24, 2.45) is 5.92 Å². The number of aryl methyl sites for hydroxylation is 1. The fraction of sp³-hybridized carbons (Fsp3) is 0.750. The van der Waals surface area contributed by atoms with Crippen LogP contribution in [0.15, 0.2) is 12.7 Å². The van der Waals surface area contributed by atoms with E-state index in [0.29, 0.717) is 13.0 Å². The number of hydrogen-bond donors (Lipinski definition) is 1. The van der Waals surface area contributed by atoms with Gasteiger partial charge in [-0.25, -0.2) is 4.98 Å². The van der Waals surface area contributed by atoms with E-state index in [2.05, 4.69) is 15.4 Å². The summed E-state index contributed by atoms with van der Waals surface area (Å²) in [4.78, 5) is 17.8. The second-order valence-electron chi connectivity index (χ2n) is 4.79. The summed E-state index contributed by atoms with van der Waals surface area (Å²) >= 11 is 0. The van der Waals surface area contributed by atoms with E-state index in [0.717, 1.165) is 38.4 Å². The molecule has 1 aromatic heterocycles. The molecule has 2 rings (SSSR count). The highest BCUT2D eigenvalue weighted by molar-refractivity contribution is 5.76. The molecule has 1 aliphatic heterocycles. The summed E-state index contributed by atoms with van der Waals surface area (Å²) in [5.74, 6) is 0.947. The van der Waals surface area contributed by atoms with E-state index in [-0.39, 0.29) is 5.91 Å². The fourth-order valence-corrected chi connectivity index (χ4v) is 2.39. The van der Waals surface area contributed by atoms with Crippen molar-refractivity contribution >= 4 is 5.91 Å². The van der Waals surface area contributed by atoms with Crippen LogP contribution in [0.4, 0.5) is 0 Å². The molecule has 0 atom stereocenters. The van der Waals surface area contributed by atoms with Crippen LogP contribution >= 0.6 is 0 Å². The molecule has 1 aliphatic rings. The number of carbonyl (C=O) groups is 1. The molecule has 2 heterocycles. The van der Waals surface area contributed by atoms with Crippen LogP contribution < -0.4 is 5.32 Å². The average molecular weight is 251 g/mol. The van der Waals surface area contributed by atoms with Gasteiger partial charge in [0, 0.05) is 19.5 Å². The maximum Gasteiger partial charge on any atom is 0.224 e. The lowest BCUT2D eigenvalue weighted by molar-refractivity contribution is -0.132. The molecule has 0 radical (unpaired) electrons. The zero-order chi connectivity index (χ0) is 12.8. The predicted octanol–water partition coefficient (Wildman–Crippen LogP) is 0.126. The molecule has 0 saturated carbocycles. The van der Waals surface area contributed by atoms with Gasteiger partial charge in [0.05, 0.1) is 6.54 Å². The Labute approximate surface area is 107 Å². The first-order valence-corrected chi connectivity index (χ1v) is 6.54. The van der Waals surface area contributed by atoms with Crippen LogP contribution in [0.25, 0.3) is 0 Å². The van der Waals surface area contributed by atoms with Crippen molar-refractivity contribution in [2.45, 2.75) is 25.8 Å². The van der Waals surface area contributed by atoms with Crippen molar-refractivity contribution in [1.82, 2.24) is 25.0 Å². The molecule has 18 heavy (non-hydrogen) atoms. The monoisotopic (exact) mass is 251 g/mol. The molecule has 0 aliphatic carbocycles. The Balaban J connectivity index is 1.70. The molecule has 0 aromatic carbocycles. The second-order valence-corrected chi connectivity index (χ2v) is 4.79. The van der Waals surface area contributed by atoms with Gasteiger partial charge in [0.2, 0.25) is 5.91 Å². The number of aromatic nitrogens is 3. The molecule has 1 fully saturated rings. The third-order valence-electron chi connectivity index (χ3n) is 3.48. The third kappa shape index (κ3) is 3.53. The maximum atomic E-state index is 12.0. The Morgan fingerprint density at radius 2 is 2.22 bits per heavy atom. The summed E-state index contributed by atoms with van der Waals surface area (Å²) in [6, 6.07) is 0. The van der Waals surface area contributed by atoms with Crippen molar-refractivity contribution in [2.75, 3.05) is 26.7 Å². The quantitative estimate of drug-likeness (QED) is 0.808. The number of piperidine rings is 1. The number of amides is 1. The van der Waals surface area contributed by atoms with E-state index in [9.17, 15) is 4.79 Å². The van der Waals surface area contributed by atoms with E-state index < -0.39 is 0 Å². The van der Waals surface area contributed by atoms with Crippen LogP contribution in [0.2, 0.25) is 0 Å². The lowest BCUT2D eigenvalue weighted by atomic mass is 9.96. The lowest BCUT2D eigenvalue weighted by Gasteiger charge is -2.32. The smallest absolute Gasteiger partial charge is 0.224 e. The predicted molar refractivity (Wildman–Crippen MR) is 67.9 cm³/mol. The van der Waals surface area contributed by atoms with Crippen LogP contribution in [0.5, 0.6) is 0 Å². The molecule has 0 spiro atoms. The van der Waals surface area contributed by atoms with Gasteiger partial charge in [0.1, 0.15) is 12.7 Å². The molecule has 1 N–H and O–H groups in total. The molecule has 0 unspecified atom stereocenters. The molecular formula is C12H21N5O. The van der Waals surface area contributed by atoms with Gasteiger partial charge in [-0.1, -0.05) is 0 Å². The van der Waals surface area contributed by atoms with Crippen molar-refractivity contribution in [3.05, 3.63) is 12.7 Å². The van der Waals surface area contributed by atoms with E-state index in [1.807, 2.05) is 11.9 Å². The molecule has 1 saturated heterocycles. The fourth-order valence-electron chi connectivity index (χ4n) is 2.39. The number of nitrogens with zero attached hydrogens (tertiary/aromatic N) is 4. The van der Waals surface area contributed by atoms with Gasteiger partial charge in [0.25, 0.3) is 0 Å². The lowest BCUT2D eigenvalue weighted by Crippen LogP contribution is -2.40. The van der Waals surface area contributed by atoms with Crippen molar-refractivity contribution in [1.29, 1.82) is 0 Å². The molecular weight excluding hydrogens is 230 g/mol. The van der Waals surface area contributed by atoms with Crippen LogP contribution in [0, 0.1) is 5.92 Å². The minimum absolute atomic E-state index is 0.230. The number of nitrogens with one attached hydrogen (secondary N) is 1. The summed E-state index contributed by atoms with van der Waals surface area (Å²) in [6.45, 7) is 3.46. The molecule has 1 amide bonds. The van der Waals surface area contributed by atoms with Crippen LogP contribution in [0.3, 0.4) is 0 Å². The summed E-state index contributed by atoms with van der Waals surface area (Å²) < 4.78 is 1.70. The van der Waals surface area contributed by atoms with Gasteiger partial charge < -0.3 is 10.2 Å². The molecule has 0 bridgehead atoms. The Kier molecular flexibility index (Phi) is 4.69. The van der Waals surface area contributed by atoms with Crippen LogP contribution in [-0.2, 0) is 11.3 Å².